The number of aliphatic hydroxyl groups excluding tert-OH is 1. The molecule has 0 amide bonds. The van der Waals surface area contributed by atoms with Gasteiger partial charge in [-0.05, 0) is 11.6 Å². The summed E-state index contributed by atoms with van der Waals surface area (Å²) in [7, 11) is 0. The van der Waals surface area contributed by atoms with Crippen molar-refractivity contribution in [1.29, 1.82) is 0 Å². The van der Waals surface area contributed by atoms with Crippen molar-refractivity contribution in [2.24, 2.45) is 0 Å². The highest BCUT2D eigenvalue weighted by Crippen LogP contribution is 2.27. The number of benzene rings is 1. The van der Waals surface area contributed by atoms with Gasteiger partial charge in [0.25, 0.3) is 0 Å². The molecule has 1 atom stereocenters. The quantitative estimate of drug-likeness (QED) is 0.882. The summed E-state index contributed by atoms with van der Waals surface area (Å²) in [6.07, 6.45) is 0. The number of rotatable bonds is 3. The third-order valence-electron chi connectivity index (χ3n) is 3.03. The van der Waals surface area contributed by atoms with Crippen LogP contribution in [0.4, 0.5) is 0 Å². The molecule has 3 nitrogen and oxygen atoms in total. The summed E-state index contributed by atoms with van der Waals surface area (Å²) >= 11 is 6.16. The molecule has 1 saturated heterocycles. The molecule has 17 heavy (non-hydrogen) atoms. The predicted octanol–water partition coefficient (Wildman–Crippen LogP) is 1.70. The Kier molecular flexibility index (Phi) is 6.23. The number of hydrogen-bond acceptors (Lipinski definition) is 3. The first-order chi connectivity index (χ1) is 7.83. The summed E-state index contributed by atoms with van der Waals surface area (Å²) in [6, 6.07) is 7.77. The van der Waals surface area contributed by atoms with Crippen molar-refractivity contribution >= 4 is 24.0 Å². The zero-order valence-corrected chi connectivity index (χ0v) is 11.2. The van der Waals surface area contributed by atoms with Gasteiger partial charge in [0.05, 0.1) is 12.6 Å². The van der Waals surface area contributed by atoms with E-state index >= 15 is 0 Å². The summed E-state index contributed by atoms with van der Waals surface area (Å²) in [5.74, 6) is 0. The molecule has 1 fully saturated rings. The molecular formula is C12H18Cl2N2O. The number of piperazine rings is 1. The molecular weight excluding hydrogens is 259 g/mol. The second-order valence-corrected chi connectivity index (χ2v) is 4.41. The Hall–Kier alpha value is -0.320. The number of nitrogens with one attached hydrogen (secondary N) is 1. The van der Waals surface area contributed by atoms with Gasteiger partial charge >= 0.3 is 0 Å². The fraction of sp³-hybridized carbons (Fsp3) is 0.500. The van der Waals surface area contributed by atoms with Gasteiger partial charge in [0.15, 0.2) is 0 Å². The van der Waals surface area contributed by atoms with E-state index < -0.39 is 0 Å². The molecule has 1 heterocycles. The van der Waals surface area contributed by atoms with Gasteiger partial charge in [0.2, 0.25) is 0 Å². The SMILES string of the molecule is Cl.OC[C@@H](c1ccccc1Cl)N1CCNCC1. The van der Waals surface area contributed by atoms with E-state index in [2.05, 4.69) is 10.2 Å². The van der Waals surface area contributed by atoms with Crippen LogP contribution in [0.5, 0.6) is 0 Å². The van der Waals surface area contributed by atoms with Crippen molar-refractivity contribution in [2.45, 2.75) is 6.04 Å². The minimum absolute atomic E-state index is 0. The second-order valence-electron chi connectivity index (χ2n) is 4.01. The molecule has 0 spiro atoms. The Morgan fingerprint density at radius 3 is 2.53 bits per heavy atom. The first-order valence-electron chi connectivity index (χ1n) is 5.63. The van der Waals surface area contributed by atoms with Crippen LogP contribution in [0.15, 0.2) is 24.3 Å². The maximum atomic E-state index is 9.54. The van der Waals surface area contributed by atoms with Gasteiger partial charge in [-0.3, -0.25) is 4.90 Å². The van der Waals surface area contributed by atoms with Gasteiger partial charge in [-0.25, -0.2) is 0 Å². The van der Waals surface area contributed by atoms with Crippen LogP contribution < -0.4 is 5.32 Å². The summed E-state index contributed by atoms with van der Waals surface area (Å²) < 4.78 is 0. The number of aliphatic hydroxyl groups is 1. The van der Waals surface area contributed by atoms with Crippen molar-refractivity contribution in [2.75, 3.05) is 32.8 Å². The molecule has 0 unspecified atom stereocenters. The Bertz CT molecular complexity index is 343. The van der Waals surface area contributed by atoms with Gasteiger partial charge in [0, 0.05) is 31.2 Å². The molecule has 1 aromatic rings. The van der Waals surface area contributed by atoms with E-state index in [1.165, 1.54) is 0 Å². The summed E-state index contributed by atoms with van der Waals surface area (Å²) in [5, 5.41) is 13.6. The van der Waals surface area contributed by atoms with Crippen molar-refractivity contribution in [3.05, 3.63) is 34.9 Å². The van der Waals surface area contributed by atoms with E-state index in [4.69, 9.17) is 11.6 Å². The van der Waals surface area contributed by atoms with E-state index in [1.807, 2.05) is 24.3 Å². The van der Waals surface area contributed by atoms with Crippen LogP contribution in [0.3, 0.4) is 0 Å². The van der Waals surface area contributed by atoms with Crippen LogP contribution in [-0.2, 0) is 0 Å². The average Bonchev–Trinajstić information content (AvgIpc) is 2.34. The molecule has 1 aliphatic rings. The number of halogens is 2. The van der Waals surface area contributed by atoms with Gasteiger partial charge in [-0.15, -0.1) is 12.4 Å². The predicted molar refractivity (Wildman–Crippen MR) is 73.0 cm³/mol. The fourth-order valence-electron chi connectivity index (χ4n) is 2.15. The van der Waals surface area contributed by atoms with Crippen molar-refractivity contribution in [3.63, 3.8) is 0 Å². The van der Waals surface area contributed by atoms with Crippen LogP contribution in [0, 0.1) is 0 Å². The third-order valence-corrected chi connectivity index (χ3v) is 3.37. The largest absolute Gasteiger partial charge is 0.394 e. The third kappa shape index (κ3) is 3.57. The molecule has 0 radical (unpaired) electrons. The number of nitrogens with zero attached hydrogens (tertiary/aromatic N) is 1. The summed E-state index contributed by atoms with van der Waals surface area (Å²) in [6.45, 7) is 3.97. The fourth-order valence-corrected chi connectivity index (χ4v) is 2.41. The van der Waals surface area contributed by atoms with Gasteiger partial charge in [-0.2, -0.15) is 0 Å². The zero-order chi connectivity index (χ0) is 11.4. The van der Waals surface area contributed by atoms with Crippen LogP contribution in [0.25, 0.3) is 0 Å². The standard InChI is InChI=1S/C12H17ClN2O.ClH/c13-11-4-2-1-3-10(11)12(9-16)15-7-5-14-6-8-15;/h1-4,12,14,16H,5-9H2;1H/t12-;/m0./s1. The lowest BCUT2D eigenvalue weighted by atomic mass is 10.1. The first kappa shape index (κ1) is 14.7. The first-order valence-corrected chi connectivity index (χ1v) is 6.01. The molecule has 5 heteroatoms. The van der Waals surface area contributed by atoms with Crippen LogP contribution in [0.1, 0.15) is 11.6 Å². The molecule has 0 saturated carbocycles. The van der Waals surface area contributed by atoms with E-state index in [-0.39, 0.29) is 25.1 Å². The van der Waals surface area contributed by atoms with Crippen molar-refractivity contribution < 1.29 is 5.11 Å². The van der Waals surface area contributed by atoms with Crippen molar-refractivity contribution in [1.82, 2.24) is 10.2 Å². The summed E-state index contributed by atoms with van der Waals surface area (Å²) in [4.78, 5) is 2.28. The lowest BCUT2D eigenvalue weighted by Gasteiger charge is -2.34. The highest BCUT2D eigenvalue weighted by molar-refractivity contribution is 6.31. The maximum absolute atomic E-state index is 9.54. The molecule has 2 rings (SSSR count). The Labute approximate surface area is 113 Å². The van der Waals surface area contributed by atoms with E-state index in [9.17, 15) is 5.11 Å². The zero-order valence-electron chi connectivity index (χ0n) is 9.60. The Morgan fingerprint density at radius 2 is 1.94 bits per heavy atom. The monoisotopic (exact) mass is 276 g/mol. The topological polar surface area (TPSA) is 35.5 Å². The van der Waals surface area contributed by atoms with E-state index in [1.54, 1.807) is 0 Å². The molecule has 0 aliphatic carbocycles. The van der Waals surface area contributed by atoms with Crippen molar-refractivity contribution in [3.8, 4) is 0 Å². The highest BCUT2D eigenvalue weighted by atomic mass is 35.5. The van der Waals surface area contributed by atoms with Gasteiger partial charge < -0.3 is 10.4 Å². The average molecular weight is 277 g/mol. The molecule has 2 N–H and O–H groups in total. The minimum atomic E-state index is 0. The summed E-state index contributed by atoms with van der Waals surface area (Å²) in [5.41, 5.74) is 1.02. The molecule has 1 aliphatic heterocycles. The minimum Gasteiger partial charge on any atom is -0.394 e. The van der Waals surface area contributed by atoms with Gasteiger partial charge in [-0.1, -0.05) is 29.8 Å². The molecule has 0 aromatic heterocycles. The lowest BCUT2D eigenvalue weighted by Crippen LogP contribution is -2.46. The van der Waals surface area contributed by atoms with Crippen LogP contribution in [0.2, 0.25) is 5.02 Å². The number of hydrogen-bond donors (Lipinski definition) is 2. The van der Waals surface area contributed by atoms with Crippen LogP contribution in [-0.4, -0.2) is 42.8 Å². The smallest absolute Gasteiger partial charge is 0.0629 e. The lowest BCUT2D eigenvalue weighted by molar-refractivity contribution is 0.111. The second kappa shape index (κ2) is 7.19. The molecule has 1 aromatic carbocycles. The maximum Gasteiger partial charge on any atom is 0.0629 e. The van der Waals surface area contributed by atoms with Crippen LogP contribution >= 0.6 is 24.0 Å². The molecule has 96 valence electrons. The molecule has 0 bridgehead atoms. The normalized spacial score (nSPS) is 18.5. The highest BCUT2D eigenvalue weighted by Gasteiger charge is 2.22. The van der Waals surface area contributed by atoms with Gasteiger partial charge in [0.1, 0.15) is 0 Å². The Morgan fingerprint density at radius 1 is 1.29 bits per heavy atom. The van der Waals surface area contributed by atoms with E-state index in [0.29, 0.717) is 0 Å². The van der Waals surface area contributed by atoms with E-state index in [0.717, 1.165) is 36.8 Å². The Balaban J connectivity index is 0.00000144.